The number of hydrogen-bond donors (Lipinski definition) is 0. The molecule has 0 bridgehead atoms. The van der Waals surface area contributed by atoms with Gasteiger partial charge in [-0.3, -0.25) is 0 Å². The molecule has 0 saturated carbocycles. The van der Waals surface area contributed by atoms with E-state index < -0.39 is 20.6 Å². The van der Waals surface area contributed by atoms with Crippen LogP contribution in [-0.2, 0) is 0 Å². The van der Waals surface area contributed by atoms with Gasteiger partial charge in [0.05, 0.1) is 0 Å². The summed E-state index contributed by atoms with van der Waals surface area (Å²) >= 11 is -2.05. The van der Waals surface area contributed by atoms with Gasteiger partial charge in [-0.05, 0) is 0 Å². The summed E-state index contributed by atoms with van der Waals surface area (Å²) in [6.45, 7) is 27.6. The summed E-state index contributed by atoms with van der Waals surface area (Å²) in [4.78, 5) is 0. The first kappa shape index (κ1) is 21.7. The Morgan fingerprint density at radius 2 is 1.17 bits per heavy atom. The van der Waals surface area contributed by atoms with E-state index in [1.54, 1.807) is 0 Å². The average molecular weight is 431 g/mol. The molecule has 1 aliphatic heterocycles. The van der Waals surface area contributed by atoms with Crippen LogP contribution in [0.1, 0.15) is 95.4 Å². The Labute approximate surface area is 154 Å². The monoisotopic (exact) mass is 432 g/mol. The SMILES string of the molecule is CCC1[N](C(C)(C)CC)[Sn]([N](CC)C(C)(C)C)[N]1C(C)(C)CC. The third-order valence-corrected chi connectivity index (χ3v) is 17.6. The zero-order valence-corrected chi connectivity index (χ0v) is 20.6. The van der Waals surface area contributed by atoms with Gasteiger partial charge in [0.15, 0.2) is 0 Å². The van der Waals surface area contributed by atoms with E-state index in [2.05, 4.69) is 85.5 Å². The van der Waals surface area contributed by atoms with Crippen molar-refractivity contribution >= 4 is 20.6 Å². The molecule has 0 spiro atoms. The third kappa shape index (κ3) is 4.09. The van der Waals surface area contributed by atoms with Gasteiger partial charge in [0.2, 0.25) is 0 Å². The summed E-state index contributed by atoms with van der Waals surface area (Å²) < 4.78 is 8.82. The molecule has 0 atom stereocenters. The van der Waals surface area contributed by atoms with Crippen molar-refractivity contribution in [2.75, 3.05) is 6.54 Å². The average Bonchev–Trinajstić information content (AvgIpc) is 2.40. The van der Waals surface area contributed by atoms with E-state index in [0.717, 1.165) is 0 Å². The Hall–Kier alpha value is 0.679. The molecule has 0 amide bonds. The molecular formula is C19H42N3Sn. The van der Waals surface area contributed by atoms with Crippen LogP contribution in [0.15, 0.2) is 0 Å². The van der Waals surface area contributed by atoms with Gasteiger partial charge in [-0.1, -0.05) is 0 Å². The van der Waals surface area contributed by atoms with E-state index in [1.807, 2.05) is 0 Å². The molecule has 0 aromatic carbocycles. The molecular weight excluding hydrogens is 389 g/mol. The second kappa shape index (κ2) is 7.51. The molecule has 0 aromatic heterocycles. The molecule has 0 aromatic rings. The zero-order chi connectivity index (χ0) is 18.2. The molecule has 137 valence electrons. The van der Waals surface area contributed by atoms with E-state index in [1.165, 1.54) is 25.8 Å². The van der Waals surface area contributed by atoms with Crippen molar-refractivity contribution in [2.24, 2.45) is 0 Å². The Morgan fingerprint density at radius 1 is 0.783 bits per heavy atom. The van der Waals surface area contributed by atoms with Crippen molar-refractivity contribution in [3.05, 3.63) is 0 Å². The van der Waals surface area contributed by atoms with Gasteiger partial charge < -0.3 is 0 Å². The molecule has 0 N–H and O–H groups in total. The first-order chi connectivity index (χ1) is 10.4. The fraction of sp³-hybridized carbons (Fsp3) is 1.00. The van der Waals surface area contributed by atoms with Crippen LogP contribution in [0.4, 0.5) is 0 Å². The molecule has 1 radical (unpaired) electrons. The van der Waals surface area contributed by atoms with Crippen LogP contribution in [0.5, 0.6) is 0 Å². The molecule has 0 unspecified atom stereocenters. The summed E-state index contributed by atoms with van der Waals surface area (Å²) in [5.41, 5.74) is 0.884. The first-order valence-electron chi connectivity index (χ1n) is 9.62. The molecule has 1 fully saturated rings. The van der Waals surface area contributed by atoms with E-state index >= 15 is 0 Å². The number of rotatable bonds is 7. The molecule has 4 heteroatoms. The fourth-order valence-corrected chi connectivity index (χ4v) is 15.1. The Kier molecular flexibility index (Phi) is 7.09. The molecule has 1 saturated heterocycles. The quantitative estimate of drug-likeness (QED) is 0.536. The molecule has 1 rings (SSSR count). The standard InChI is InChI=1S/C13H28N2.C6H14N.Sn/c1-8-11(14-12(4,5)9-2)15-13(6,7)10-3;1-5-7-6(2,3)4;/h11H,8-10H2,1-7H3;5H2,1-4H3;/q-2;-1;+3. The Balaban J connectivity index is 3.34. The van der Waals surface area contributed by atoms with Crippen molar-refractivity contribution in [3.63, 3.8) is 0 Å². The van der Waals surface area contributed by atoms with Crippen LogP contribution in [0, 0.1) is 0 Å². The van der Waals surface area contributed by atoms with Crippen LogP contribution in [-0.4, -0.2) is 59.3 Å². The summed E-state index contributed by atoms with van der Waals surface area (Å²) in [5.74, 6) is 0. The third-order valence-electron chi connectivity index (χ3n) is 5.79. The second-order valence-electron chi connectivity index (χ2n) is 9.18. The minimum absolute atomic E-state index is 0.256. The van der Waals surface area contributed by atoms with Gasteiger partial charge in [0, 0.05) is 0 Å². The van der Waals surface area contributed by atoms with Gasteiger partial charge >= 0.3 is 155 Å². The predicted octanol–water partition coefficient (Wildman–Crippen LogP) is 4.82. The van der Waals surface area contributed by atoms with E-state index in [4.69, 9.17) is 0 Å². The normalized spacial score (nSPS) is 20.3. The Morgan fingerprint density at radius 3 is 1.39 bits per heavy atom. The van der Waals surface area contributed by atoms with Gasteiger partial charge in [-0.2, -0.15) is 0 Å². The Bertz CT molecular complexity index is 363. The molecule has 0 aliphatic carbocycles. The predicted molar refractivity (Wildman–Crippen MR) is 104 cm³/mol. The van der Waals surface area contributed by atoms with Gasteiger partial charge in [-0.25, -0.2) is 0 Å². The molecule has 1 aliphatic rings. The van der Waals surface area contributed by atoms with Gasteiger partial charge in [-0.15, -0.1) is 0 Å². The van der Waals surface area contributed by atoms with Crippen LogP contribution < -0.4 is 0 Å². The summed E-state index contributed by atoms with van der Waals surface area (Å²) in [7, 11) is 0. The van der Waals surface area contributed by atoms with Crippen molar-refractivity contribution < 1.29 is 0 Å². The molecule has 23 heavy (non-hydrogen) atoms. The first-order valence-corrected chi connectivity index (χ1v) is 13.4. The zero-order valence-electron chi connectivity index (χ0n) is 17.7. The maximum atomic E-state index is 2.97. The van der Waals surface area contributed by atoms with Gasteiger partial charge in [0.25, 0.3) is 0 Å². The van der Waals surface area contributed by atoms with E-state index in [-0.39, 0.29) is 5.54 Å². The number of hydrogen-bond acceptors (Lipinski definition) is 3. The van der Waals surface area contributed by atoms with Gasteiger partial charge in [0.1, 0.15) is 0 Å². The van der Waals surface area contributed by atoms with Crippen molar-refractivity contribution in [1.29, 1.82) is 0 Å². The summed E-state index contributed by atoms with van der Waals surface area (Å²) in [6, 6.07) is 0. The topological polar surface area (TPSA) is 9.72 Å². The number of nitrogens with zero attached hydrogens (tertiary/aromatic N) is 3. The minimum atomic E-state index is -2.05. The van der Waals surface area contributed by atoms with Crippen LogP contribution in [0.3, 0.4) is 0 Å². The summed E-state index contributed by atoms with van der Waals surface area (Å²) in [6.07, 6.45) is 4.33. The van der Waals surface area contributed by atoms with E-state index in [0.29, 0.717) is 17.2 Å². The second-order valence-corrected chi connectivity index (χ2v) is 15.2. The molecule has 3 nitrogen and oxygen atoms in total. The fourth-order valence-electron chi connectivity index (χ4n) is 3.67. The van der Waals surface area contributed by atoms with Crippen molar-refractivity contribution in [3.8, 4) is 0 Å². The van der Waals surface area contributed by atoms with Crippen LogP contribution in [0.25, 0.3) is 0 Å². The van der Waals surface area contributed by atoms with Crippen LogP contribution in [0.2, 0.25) is 0 Å². The van der Waals surface area contributed by atoms with Crippen LogP contribution >= 0.6 is 0 Å². The van der Waals surface area contributed by atoms with E-state index in [9.17, 15) is 0 Å². The van der Waals surface area contributed by atoms with Crippen molar-refractivity contribution in [1.82, 2.24) is 9.36 Å². The van der Waals surface area contributed by atoms with Crippen molar-refractivity contribution in [2.45, 2.75) is 118 Å². The maximum absolute atomic E-state index is 2.97. The summed E-state index contributed by atoms with van der Waals surface area (Å²) in [5, 5.41) is 0. The molecule has 1 heterocycles.